The Bertz CT molecular complexity index is 963. The first-order valence-electron chi connectivity index (χ1n) is 11.5. The monoisotopic (exact) mass is 433 g/mol. The minimum Gasteiger partial charge on any atom is -0.478 e. The number of benzene rings is 2. The smallest absolute Gasteiger partial charge is 0.335 e. The highest BCUT2D eigenvalue weighted by atomic mass is 16.4. The van der Waals surface area contributed by atoms with Crippen LogP contribution in [0, 0.1) is 5.41 Å². The predicted octanol–water partition coefficient (Wildman–Crippen LogP) is 4.25. The summed E-state index contributed by atoms with van der Waals surface area (Å²) in [5, 5.41) is 20.1. The fourth-order valence-electron chi connectivity index (χ4n) is 4.96. The van der Waals surface area contributed by atoms with Crippen LogP contribution in [0.3, 0.4) is 0 Å². The minimum absolute atomic E-state index is 0.00398. The van der Waals surface area contributed by atoms with Crippen LogP contribution in [-0.4, -0.2) is 45.7 Å². The van der Waals surface area contributed by atoms with E-state index in [2.05, 4.69) is 12.1 Å². The van der Waals surface area contributed by atoms with Crippen molar-refractivity contribution in [1.29, 1.82) is 0 Å². The Morgan fingerprint density at radius 3 is 2.44 bits per heavy atom. The SMILES string of the molecule is O=C(O)c1ccc(CCN2C(=O)CC[C@@H]2/C=C/[C@@H](O)C2(Cc3ccccc3)CCC2)cc1. The Morgan fingerprint density at radius 1 is 1.09 bits per heavy atom. The van der Waals surface area contributed by atoms with Gasteiger partial charge in [-0.05, 0) is 55.4 Å². The maximum atomic E-state index is 12.5. The van der Waals surface area contributed by atoms with Crippen molar-refractivity contribution in [2.24, 2.45) is 5.41 Å². The number of amides is 1. The van der Waals surface area contributed by atoms with Crippen LogP contribution in [0.15, 0.2) is 66.7 Å². The molecule has 0 radical (unpaired) electrons. The van der Waals surface area contributed by atoms with Gasteiger partial charge in [0.15, 0.2) is 0 Å². The number of aromatic carboxylic acids is 1. The van der Waals surface area contributed by atoms with Gasteiger partial charge in [0.25, 0.3) is 0 Å². The van der Waals surface area contributed by atoms with E-state index >= 15 is 0 Å². The van der Waals surface area contributed by atoms with E-state index in [9.17, 15) is 14.7 Å². The van der Waals surface area contributed by atoms with Crippen molar-refractivity contribution in [2.45, 2.75) is 57.1 Å². The van der Waals surface area contributed by atoms with Gasteiger partial charge in [0.2, 0.25) is 5.91 Å². The molecule has 32 heavy (non-hydrogen) atoms. The summed E-state index contributed by atoms with van der Waals surface area (Å²) in [5.74, 6) is -0.800. The molecule has 1 heterocycles. The summed E-state index contributed by atoms with van der Waals surface area (Å²) in [6.07, 6.45) is 9.46. The third kappa shape index (κ3) is 4.94. The largest absolute Gasteiger partial charge is 0.478 e. The molecule has 2 atom stereocenters. The molecule has 1 aliphatic heterocycles. The van der Waals surface area contributed by atoms with Crippen LogP contribution in [-0.2, 0) is 17.6 Å². The van der Waals surface area contributed by atoms with E-state index in [-0.39, 0.29) is 22.9 Å². The van der Waals surface area contributed by atoms with Crippen LogP contribution < -0.4 is 0 Å². The van der Waals surface area contributed by atoms with Gasteiger partial charge in [-0.25, -0.2) is 4.79 Å². The molecule has 2 N–H and O–H groups in total. The highest BCUT2D eigenvalue weighted by molar-refractivity contribution is 5.87. The number of carboxylic acid groups (broad SMARTS) is 1. The van der Waals surface area contributed by atoms with Crippen molar-refractivity contribution >= 4 is 11.9 Å². The lowest BCUT2D eigenvalue weighted by Gasteiger charge is -2.45. The third-order valence-electron chi connectivity index (χ3n) is 7.11. The number of nitrogens with zero attached hydrogens (tertiary/aromatic N) is 1. The topological polar surface area (TPSA) is 77.8 Å². The van der Waals surface area contributed by atoms with E-state index in [0.29, 0.717) is 19.4 Å². The van der Waals surface area contributed by atoms with Gasteiger partial charge < -0.3 is 15.1 Å². The summed E-state index contributed by atoms with van der Waals surface area (Å²) in [4.78, 5) is 25.3. The normalized spacial score (nSPS) is 21.0. The van der Waals surface area contributed by atoms with Crippen molar-refractivity contribution in [3.8, 4) is 0 Å². The molecule has 2 aliphatic rings. The Hall–Kier alpha value is -2.92. The number of hydrogen-bond donors (Lipinski definition) is 2. The molecular formula is C27H31NO4. The molecule has 0 spiro atoms. The maximum Gasteiger partial charge on any atom is 0.335 e. The number of aliphatic hydroxyl groups excluding tert-OH is 1. The molecule has 2 aromatic carbocycles. The van der Waals surface area contributed by atoms with Crippen LogP contribution in [0.2, 0.25) is 0 Å². The number of rotatable bonds is 9. The lowest BCUT2D eigenvalue weighted by Crippen LogP contribution is -2.42. The first kappa shape index (κ1) is 22.3. The standard InChI is InChI=1S/C27H31NO4/c29-24(27(16-4-17-27)19-21-5-2-1-3-6-21)13-11-23-12-14-25(30)28(23)18-15-20-7-9-22(10-8-20)26(31)32/h1-3,5-11,13,23-24,29H,4,12,14-19H2,(H,31,32)/b13-11+/t23-,24+/m0/s1. The Kier molecular flexibility index (Phi) is 6.75. The highest BCUT2D eigenvalue weighted by Crippen LogP contribution is 2.47. The van der Waals surface area contributed by atoms with E-state index in [1.807, 2.05) is 47.4 Å². The second-order valence-corrected chi connectivity index (χ2v) is 9.15. The first-order valence-corrected chi connectivity index (χ1v) is 11.5. The molecule has 2 aromatic rings. The summed E-state index contributed by atoms with van der Waals surface area (Å²) in [5.41, 5.74) is 2.43. The zero-order valence-electron chi connectivity index (χ0n) is 18.3. The van der Waals surface area contributed by atoms with E-state index in [0.717, 1.165) is 37.7 Å². The molecule has 0 bridgehead atoms. The van der Waals surface area contributed by atoms with Gasteiger partial charge in [-0.15, -0.1) is 0 Å². The molecule has 1 saturated heterocycles. The quantitative estimate of drug-likeness (QED) is 0.580. The van der Waals surface area contributed by atoms with Crippen LogP contribution in [0.5, 0.6) is 0 Å². The molecule has 1 saturated carbocycles. The van der Waals surface area contributed by atoms with Crippen molar-refractivity contribution in [3.63, 3.8) is 0 Å². The van der Waals surface area contributed by atoms with E-state index in [1.165, 1.54) is 5.56 Å². The van der Waals surface area contributed by atoms with Gasteiger partial charge in [-0.3, -0.25) is 4.79 Å². The van der Waals surface area contributed by atoms with Gasteiger partial charge in [0.05, 0.1) is 17.7 Å². The zero-order valence-corrected chi connectivity index (χ0v) is 18.3. The molecule has 4 rings (SSSR count). The van der Waals surface area contributed by atoms with Crippen LogP contribution in [0.1, 0.15) is 53.6 Å². The van der Waals surface area contributed by atoms with Gasteiger partial charge in [0.1, 0.15) is 0 Å². The van der Waals surface area contributed by atoms with E-state index in [1.54, 1.807) is 12.1 Å². The van der Waals surface area contributed by atoms with Gasteiger partial charge in [0, 0.05) is 18.4 Å². The lowest BCUT2D eigenvalue weighted by molar-refractivity contribution is -0.128. The lowest BCUT2D eigenvalue weighted by atomic mass is 9.62. The van der Waals surface area contributed by atoms with Crippen molar-refractivity contribution < 1.29 is 19.8 Å². The molecule has 5 heteroatoms. The Balaban J connectivity index is 1.37. The molecule has 2 fully saturated rings. The Morgan fingerprint density at radius 2 is 1.81 bits per heavy atom. The average molecular weight is 434 g/mol. The van der Waals surface area contributed by atoms with Crippen LogP contribution in [0.4, 0.5) is 0 Å². The second-order valence-electron chi connectivity index (χ2n) is 9.15. The van der Waals surface area contributed by atoms with E-state index in [4.69, 9.17) is 5.11 Å². The summed E-state index contributed by atoms with van der Waals surface area (Å²) in [6, 6.07) is 17.2. The third-order valence-corrected chi connectivity index (χ3v) is 7.11. The van der Waals surface area contributed by atoms with E-state index < -0.39 is 12.1 Å². The summed E-state index contributed by atoms with van der Waals surface area (Å²) in [6.45, 7) is 0.589. The number of hydrogen-bond acceptors (Lipinski definition) is 3. The summed E-state index contributed by atoms with van der Waals surface area (Å²) >= 11 is 0. The first-order chi connectivity index (χ1) is 15.5. The van der Waals surface area contributed by atoms with Crippen LogP contribution in [0.25, 0.3) is 0 Å². The summed E-state index contributed by atoms with van der Waals surface area (Å²) < 4.78 is 0. The molecule has 0 unspecified atom stereocenters. The highest BCUT2D eigenvalue weighted by Gasteiger charge is 2.42. The van der Waals surface area contributed by atoms with Gasteiger partial charge in [-0.2, -0.15) is 0 Å². The number of likely N-dealkylation sites (tertiary alicyclic amines) is 1. The number of carbonyl (C=O) groups is 2. The van der Waals surface area contributed by atoms with Crippen molar-refractivity contribution in [2.75, 3.05) is 6.54 Å². The molecule has 5 nitrogen and oxygen atoms in total. The molecule has 0 aromatic heterocycles. The fourth-order valence-corrected chi connectivity index (χ4v) is 4.96. The average Bonchev–Trinajstić information content (AvgIpc) is 3.13. The molecular weight excluding hydrogens is 402 g/mol. The fraction of sp³-hybridized carbons (Fsp3) is 0.407. The van der Waals surface area contributed by atoms with Gasteiger partial charge in [-0.1, -0.05) is 61.0 Å². The molecule has 1 amide bonds. The number of aliphatic hydroxyl groups is 1. The summed E-state index contributed by atoms with van der Waals surface area (Å²) in [7, 11) is 0. The second kappa shape index (κ2) is 9.70. The minimum atomic E-state index is -0.938. The molecule has 168 valence electrons. The number of carbonyl (C=O) groups excluding carboxylic acids is 1. The van der Waals surface area contributed by atoms with Gasteiger partial charge >= 0.3 is 5.97 Å². The van der Waals surface area contributed by atoms with Crippen molar-refractivity contribution in [3.05, 3.63) is 83.4 Å². The zero-order chi connectivity index (χ0) is 22.6. The predicted molar refractivity (Wildman–Crippen MR) is 123 cm³/mol. The Labute approximate surface area is 189 Å². The van der Waals surface area contributed by atoms with Crippen molar-refractivity contribution in [1.82, 2.24) is 4.90 Å². The molecule has 1 aliphatic carbocycles. The van der Waals surface area contributed by atoms with Crippen LogP contribution >= 0.6 is 0 Å². The maximum absolute atomic E-state index is 12.5. The number of carboxylic acids is 1.